The van der Waals surface area contributed by atoms with Crippen molar-refractivity contribution in [3.05, 3.63) is 48.5 Å². The fourth-order valence-corrected chi connectivity index (χ4v) is 4.78. The second kappa shape index (κ2) is 8.18. The van der Waals surface area contributed by atoms with Crippen LogP contribution in [0.5, 0.6) is 0 Å². The smallest absolute Gasteiger partial charge is 0.251 e. The zero-order valence-corrected chi connectivity index (χ0v) is 16.9. The molecule has 158 valence electrons. The van der Waals surface area contributed by atoms with Crippen LogP contribution >= 0.6 is 0 Å². The third-order valence-electron chi connectivity index (χ3n) is 6.43. The molecule has 0 unspecified atom stereocenters. The number of nitrogens with one attached hydrogen (secondary N) is 1. The van der Waals surface area contributed by atoms with Gasteiger partial charge >= 0.3 is 0 Å². The monoisotopic (exact) mass is 409 g/mol. The van der Waals surface area contributed by atoms with E-state index in [4.69, 9.17) is 4.74 Å². The first-order chi connectivity index (χ1) is 14.7. The topological polar surface area (TPSA) is 89.3 Å². The van der Waals surface area contributed by atoms with E-state index in [1.807, 2.05) is 34.0 Å². The highest BCUT2D eigenvalue weighted by Crippen LogP contribution is 2.39. The van der Waals surface area contributed by atoms with E-state index < -0.39 is 12.1 Å². The average Bonchev–Trinajstić information content (AvgIpc) is 3.47. The van der Waals surface area contributed by atoms with Crippen LogP contribution in [0.15, 0.2) is 43.0 Å². The number of aromatic nitrogens is 3. The quantitative estimate of drug-likeness (QED) is 0.816. The van der Waals surface area contributed by atoms with E-state index in [1.54, 1.807) is 18.6 Å². The van der Waals surface area contributed by atoms with Crippen molar-refractivity contribution in [3.8, 4) is 0 Å². The number of nitrogens with zero attached hydrogens (tertiary/aromatic N) is 4. The van der Waals surface area contributed by atoms with Gasteiger partial charge in [-0.05, 0) is 56.2 Å². The van der Waals surface area contributed by atoms with Crippen LogP contribution in [0, 0.1) is 0 Å². The molecule has 1 saturated heterocycles. The molecule has 3 fully saturated rings. The van der Waals surface area contributed by atoms with Gasteiger partial charge in [-0.15, -0.1) is 0 Å². The van der Waals surface area contributed by atoms with E-state index in [9.17, 15) is 9.59 Å². The molecule has 8 nitrogen and oxygen atoms in total. The molecule has 0 bridgehead atoms. The van der Waals surface area contributed by atoms with Crippen molar-refractivity contribution in [1.29, 1.82) is 0 Å². The molecule has 2 aromatic rings. The predicted octanol–water partition coefficient (Wildman–Crippen LogP) is 2.01. The summed E-state index contributed by atoms with van der Waals surface area (Å²) in [6.07, 6.45) is 12.3. The number of ether oxygens (including phenoxy) is 1. The highest BCUT2D eigenvalue weighted by molar-refractivity contribution is 5.87. The van der Waals surface area contributed by atoms with Crippen molar-refractivity contribution in [2.24, 2.45) is 0 Å². The molecule has 5 rings (SSSR count). The molecule has 3 aliphatic rings. The maximum atomic E-state index is 13.2. The molecular formula is C22H27N5O3. The number of morpholine rings is 1. The van der Waals surface area contributed by atoms with Gasteiger partial charge in [-0.25, -0.2) is 0 Å². The summed E-state index contributed by atoms with van der Waals surface area (Å²) in [7, 11) is 0. The molecule has 3 heterocycles. The Labute approximate surface area is 175 Å². The van der Waals surface area contributed by atoms with Crippen molar-refractivity contribution in [2.45, 2.75) is 68.8 Å². The van der Waals surface area contributed by atoms with Gasteiger partial charge in [0.1, 0.15) is 6.61 Å². The lowest BCUT2D eigenvalue weighted by atomic mass is 9.90. The summed E-state index contributed by atoms with van der Waals surface area (Å²) < 4.78 is 7.82. The molecule has 2 atom stereocenters. The highest BCUT2D eigenvalue weighted by atomic mass is 16.5. The second-order valence-corrected chi connectivity index (χ2v) is 8.50. The Morgan fingerprint density at radius 2 is 1.87 bits per heavy atom. The molecule has 30 heavy (non-hydrogen) atoms. The molecule has 2 aliphatic carbocycles. The summed E-state index contributed by atoms with van der Waals surface area (Å²) in [4.78, 5) is 31.9. The molecule has 1 N–H and O–H groups in total. The number of hydrogen-bond donors (Lipinski definition) is 1. The van der Waals surface area contributed by atoms with Gasteiger partial charge in [0.05, 0.1) is 12.1 Å². The standard InChI is InChI=1S/C22H27N5O3/c28-19-14-30-21(20(27(19)18-8-9-18)15-3-1-10-23-13-15)22(29)25-16-4-6-17(7-5-16)26-12-2-11-24-26/h1-3,10-13,16-18,20-21H,4-9,14H2,(H,25,29)/t16?,17?,20-,21+/m1/s1. The Morgan fingerprint density at radius 1 is 1.07 bits per heavy atom. The maximum Gasteiger partial charge on any atom is 0.251 e. The number of rotatable bonds is 5. The molecule has 0 radical (unpaired) electrons. The lowest BCUT2D eigenvalue weighted by Crippen LogP contribution is -2.56. The van der Waals surface area contributed by atoms with Gasteiger partial charge < -0.3 is 15.0 Å². The number of amides is 2. The molecule has 2 saturated carbocycles. The van der Waals surface area contributed by atoms with Crippen LogP contribution < -0.4 is 5.32 Å². The Morgan fingerprint density at radius 3 is 2.53 bits per heavy atom. The van der Waals surface area contributed by atoms with Gasteiger partial charge in [-0.1, -0.05) is 6.07 Å². The first-order valence-corrected chi connectivity index (χ1v) is 10.8. The molecule has 0 aromatic carbocycles. The fourth-order valence-electron chi connectivity index (χ4n) is 4.78. The zero-order valence-electron chi connectivity index (χ0n) is 16.9. The van der Waals surface area contributed by atoms with Crippen LogP contribution in [-0.4, -0.2) is 56.3 Å². The lowest BCUT2D eigenvalue weighted by Gasteiger charge is -2.41. The normalized spacial score (nSPS) is 29.6. The van der Waals surface area contributed by atoms with E-state index in [2.05, 4.69) is 15.4 Å². The number of pyridine rings is 1. The van der Waals surface area contributed by atoms with E-state index in [1.165, 1.54) is 0 Å². The Kier molecular flexibility index (Phi) is 5.25. The largest absolute Gasteiger partial charge is 0.356 e. The first kappa shape index (κ1) is 19.2. The fraction of sp³-hybridized carbons (Fsp3) is 0.545. The van der Waals surface area contributed by atoms with Crippen LogP contribution in [-0.2, 0) is 14.3 Å². The van der Waals surface area contributed by atoms with E-state index in [-0.39, 0.29) is 30.5 Å². The number of carbonyl (C=O) groups excluding carboxylic acids is 2. The van der Waals surface area contributed by atoms with Gasteiger partial charge in [-0.3, -0.25) is 19.3 Å². The van der Waals surface area contributed by atoms with Crippen molar-refractivity contribution in [1.82, 2.24) is 25.0 Å². The van der Waals surface area contributed by atoms with E-state index in [0.717, 1.165) is 44.1 Å². The minimum absolute atomic E-state index is 0.0443. The second-order valence-electron chi connectivity index (χ2n) is 8.50. The summed E-state index contributed by atoms with van der Waals surface area (Å²) in [6.45, 7) is -0.0443. The van der Waals surface area contributed by atoms with Crippen LogP contribution in [0.4, 0.5) is 0 Å². The highest BCUT2D eigenvalue weighted by Gasteiger charge is 2.47. The van der Waals surface area contributed by atoms with Gasteiger partial charge in [-0.2, -0.15) is 5.10 Å². The third-order valence-corrected chi connectivity index (χ3v) is 6.43. The van der Waals surface area contributed by atoms with E-state index >= 15 is 0 Å². The van der Waals surface area contributed by atoms with Crippen LogP contribution in [0.3, 0.4) is 0 Å². The number of carbonyl (C=O) groups is 2. The van der Waals surface area contributed by atoms with Crippen LogP contribution in [0.2, 0.25) is 0 Å². The summed E-state index contributed by atoms with van der Waals surface area (Å²) in [5.41, 5.74) is 0.847. The SMILES string of the molecule is O=C(NC1CCC(n2cccn2)CC1)[C@H]1OCC(=O)N(C2CC2)[C@@H]1c1cccnc1. The number of hydrogen-bond acceptors (Lipinski definition) is 5. The van der Waals surface area contributed by atoms with Crippen molar-refractivity contribution < 1.29 is 14.3 Å². The predicted molar refractivity (Wildman–Crippen MR) is 108 cm³/mol. The summed E-state index contributed by atoms with van der Waals surface area (Å²) >= 11 is 0. The molecular weight excluding hydrogens is 382 g/mol. The van der Waals surface area contributed by atoms with Gasteiger partial charge in [0.15, 0.2) is 6.10 Å². The molecule has 8 heteroatoms. The Hall–Kier alpha value is -2.74. The lowest BCUT2D eigenvalue weighted by molar-refractivity contribution is -0.165. The summed E-state index contributed by atoms with van der Waals surface area (Å²) in [5.74, 6) is -0.181. The third kappa shape index (κ3) is 3.84. The maximum absolute atomic E-state index is 13.2. The van der Waals surface area contributed by atoms with Gasteiger partial charge in [0.2, 0.25) is 5.91 Å². The van der Waals surface area contributed by atoms with Crippen LogP contribution in [0.25, 0.3) is 0 Å². The van der Waals surface area contributed by atoms with Crippen molar-refractivity contribution in [2.75, 3.05) is 6.61 Å². The Bertz CT molecular complexity index is 875. The van der Waals surface area contributed by atoms with Gasteiger partial charge in [0.25, 0.3) is 5.91 Å². The van der Waals surface area contributed by atoms with Crippen molar-refractivity contribution in [3.63, 3.8) is 0 Å². The van der Waals surface area contributed by atoms with Gasteiger partial charge in [0, 0.05) is 36.9 Å². The zero-order chi connectivity index (χ0) is 20.5. The minimum atomic E-state index is -0.712. The molecule has 2 aromatic heterocycles. The molecule has 2 amide bonds. The van der Waals surface area contributed by atoms with Crippen LogP contribution in [0.1, 0.15) is 56.2 Å². The average molecular weight is 409 g/mol. The Balaban J connectivity index is 1.28. The molecule has 0 spiro atoms. The molecule has 1 aliphatic heterocycles. The van der Waals surface area contributed by atoms with E-state index in [0.29, 0.717) is 6.04 Å². The summed E-state index contributed by atoms with van der Waals surface area (Å²) in [6, 6.07) is 5.99. The van der Waals surface area contributed by atoms with Crippen molar-refractivity contribution >= 4 is 11.8 Å². The minimum Gasteiger partial charge on any atom is -0.356 e. The first-order valence-electron chi connectivity index (χ1n) is 10.8. The summed E-state index contributed by atoms with van der Waals surface area (Å²) in [5, 5.41) is 7.54.